The highest BCUT2D eigenvalue weighted by molar-refractivity contribution is 5.91. The second kappa shape index (κ2) is 9.76. The van der Waals surface area contributed by atoms with Gasteiger partial charge in [0.05, 0.1) is 17.2 Å². The van der Waals surface area contributed by atoms with Crippen molar-refractivity contribution in [3.8, 4) is 0 Å². The summed E-state index contributed by atoms with van der Waals surface area (Å²) in [4.78, 5) is 29.8. The van der Waals surface area contributed by atoms with E-state index >= 15 is 4.79 Å². The molecule has 3 aromatic carbocycles. The van der Waals surface area contributed by atoms with E-state index in [-0.39, 0.29) is 11.9 Å². The predicted molar refractivity (Wildman–Crippen MR) is 165 cm³/mol. The van der Waals surface area contributed by atoms with Gasteiger partial charge in [-0.2, -0.15) is 0 Å². The second-order valence-corrected chi connectivity index (χ2v) is 14.4. The number of nitrogens with two attached hydrogens (primary N) is 1. The molecule has 0 aromatic heterocycles. The molecule has 6 nitrogen and oxygen atoms in total. The van der Waals surface area contributed by atoms with Gasteiger partial charge in [0.15, 0.2) is 0 Å². The second-order valence-electron chi connectivity index (χ2n) is 14.4. The summed E-state index contributed by atoms with van der Waals surface area (Å²) < 4.78 is 0. The molecule has 0 spiro atoms. The number of fused-ring (bicyclic) bond motifs is 1. The van der Waals surface area contributed by atoms with Crippen LogP contribution >= 0.6 is 0 Å². The Morgan fingerprint density at radius 2 is 1.30 bits per heavy atom. The van der Waals surface area contributed by atoms with Crippen molar-refractivity contribution < 1.29 is 14.7 Å². The topological polar surface area (TPSA) is 95.7 Å². The Morgan fingerprint density at radius 1 is 0.791 bits per heavy atom. The van der Waals surface area contributed by atoms with Gasteiger partial charge < -0.3 is 15.7 Å². The lowest BCUT2D eigenvalue weighted by Gasteiger charge is -2.63. The summed E-state index contributed by atoms with van der Waals surface area (Å²) in [7, 11) is 0. The van der Waals surface area contributed by atoms with Gasteiger partial charge in [0.1, 0.15) is 6.04 Å². The number of carbonyl (C=O) groups excluding carboxylic acids is 2. The zero-order chi connectivity index (χ0) is 29.4. The third-order valence-electron chi connectivity index (χ3n) is 11.6. The Labute approximate surface area is 253 Å². The maximum atomic E-state index is 15.3. The van der Waals surface area contributed by atoms with Crippen molar-refractivity contribution in [2.45, 2.75) is 80.6 Å². The number of nitrogens with zero attached hydrogens (tertiary/aromatic N) is 1. The van der Waals surface area contributed by atoms with E-state index in [1.807, 2.05) is 23.1 Å². The van der Waals surface area contributed by atoms with E-state index in [1.54, 1.807) is 0 Å². The van der Waals surface area contributed by atoms with Crippen LogP contribution in [-0.4, -0.2) is 45.5 Å². The van der Waals surface area contributed by atoms with Crippen LogP contribution in [0.15, 0.2) is 91.0 Å². The third kappa shape index (κ3) is 4.28. The summed E-state index contributed by atoms with van der Waals surface area (Å²) in [5.74, 6) is 0.726. The molecule has 1 heterocycles. The number of piperidine rings is 1. The molecule has 3 aromatic rings. The van der Waals surface area contributed by atoms with Crippen LogP contribution in [0.4, 0.5) is 0 Å². The predicted octanol–water partition coefficient (Wildman–Crippen LogP) is 4.74. The number of benzene rings is 3. The zero-order valence-electron chi connectivity index (χ0n) is 24.6. The number of rotatable bonds is 8. The summed E-state index contributed by atoms with van der Waals surface area (Å²) in [6.07, 6.45) is 6.79. The SMILES string of the molecule is NC(=O)[C@@H]1C[C@@H]2C[C@@H]2N1C(=O)[C@@H](NC(c1ccccc1)(c1ccccc1)c1ccccc1)C12CC3CC(CC(O)(C3)C1)C2. The van der Waals surface area contributed by atoms with Gasteiger partial charge >= 0.3 is 0 Å². The maximum Gasteiger partial charge on any atom is 0.241 e. The van der Waals surface area contributed by atoms with Crippen LogP contribution in [0.2, 0.25) is 0 Å². The standard InChI is InChI=1S/C37H41N3O3/c38-33(41)31-18-26-17-30(26)40(31)34(42)32(35-19-24-16-25(20-35)22-36(43,21-24)23-35)39-37(27-10-4-1-5-11-27,28-12-6-2-7-13-28)29-14-8-3-9-15-29/h1-15,24-26,30-32,39,43H,16-23H2,(H2,38,41)/t24?,25?,26-,30-,31-,32+,35?,36?/m0/s1. The van der Waals surface area contributed by atoms with E-state index in [9.17, 15) is 9.90 Å². The lowest BCUT2D eigenvalue weighted by atomic mass is 9.46. The molecule has 2 amide bonds. The first-order valence-corrected chi connectivity index (χ1v) is 16.1. The van der Waals surface area contributed by atoms with Crippen molar-refractivity contribution in [1.29, 1.82) is 0 Å². The quantitative estimate of drug-likeness (QED) is 0.338. The minimum Gasteiger partial charge on any atom is -0.390 e. The molecule has 6 atom stereocenters. The fraction of sp³-hybridized carbons (Fsp3) is 0.459. The van der Waals surface area contributed by atoms with E-state index in [2.05, 4.69) is 78.1 Å². The van der Waals surface area contributed by atoms with E-state index < -0.39 is 34.5 Å². The summed E-state index contributed by atoms with van der Waals surface area (Å²) in [5, 5.41) is 16.0. The lowest BCUT2D eigenvalue weighted by molar-refractivity contribution is -0.182. The summed E-state index contributed by atoms with van der Waals surface area (Å²) in [6.45, 7) is 0. The van der Waals surface area contributed by atoms with Gasteiger partial charge in [-0.1, -0.05) is 91.0 Å². The first-order chi connectivity index (χ1) is 20.8. The number of hydrogen-bond acceptors (Lipinski definition) is 4. The van der Waals surface area contributed by atoms with Crippen molar-refractivity contribution in [3.63, 3.8) is 0 Å². The highest BCUT2D eigenvalue weighted by Crippen LogP contribution is 2.64. The normalized spacial score (nSPS) is 34.5. The summed E-state index contributed by atoms with van der Waals surface area (Å²) >= 11 is 0. The molecule has 43 heavy (non-hydrogen) atoms. The molecule has 0 radical (unpaired) electrons. The van der Waals surface area contributed by atoms with Gasteiger partial charge in [-0.3, -0.25) is 14.9 Å². The monoisotopic (exact) mass is 575 g/mol. The Kier molecular flexibility index (Phi) is 6.15. The molecule has 222 valence electrons. The molecule has 6 aliphatic rings. The van der Waals surface area contributed by atoms with Crippen molar-refractivity contribution in [2.24, 2.45) is 28.9 Å². The molecule has 6 heteroatoms. The molecule has 9 rings (SSSR count). The van der Waals surface area contributed by atoms with Crippen LogP contribution in [0.5, 0.6) is 0 Å². The van der Waals surface area contributed by atoms with Crippen molar-refractivity contribution >= 4 is 11.8 Å². The lowest BCUT2D eigenvalue weighted by Crippen LogP contribution is -2.69. The average molecular weight is 576 g/mol. The third-order valence-corrected chi connectivity index (χ3v) is 11.6. The van der Waals surface area contributed by atoms with Gasteiger partial charge in [0.2, 0.25) is 11.8 Å². The van der Waals surface area contributed by atoms with Gasteiger partial charge in [-0.25, -0.2) is 0 Å². The van der Waals surface area contributed by atoms with Gasteiger partial charge in [-0.15, -0.1) is 0 Å². The Balaban J connectivity index is 1.33. The fourth-order valence-corrected chi connectivity index (χ4v) is 10.3. The smallest absolute Gasteiger partial charge is 0.241 e. The number of primary amides is 1. The minimum absolute atomic E-state index is 0.0217. The number of hydrogen-bond donors (Lipinski definition) is 3. The summed E-state index contributed by atoms with van der Waals surface area (Å²) in [5.41, 5.74) is 7.08. The molecular formula is C37H41N3O3. The fourth-order valence-electron chi connectivity index (χ4n) is 10.3. The van der Waals surface area contributed by atoms with Gasteiger partial charge in [0.25, 0.3) is 0 Å². The molecule has 4 N–H and O–H groups in total. The average Bonchev–Trinajstić information content (AvgIpc) is 3.66. The van der Waals surface area contributed by atoms with Gasteiger partial charge in [0, 0.05) is 6.04 Å². The minimum atomic E-state index is -0.846. The highest BCUT2D eigenvalue weighted by Gasteiger charge is 2.65. The number of aliphatic hydroxyl groups is 1. The number of carbonyl (C=O) groups is 2. The molecule has 5 saturated carbocycles. The van der Waals surface area contributed by atoms with Crippen LogP contribution in [0, 0.1) is 23.2 Å². The maximum absolute atomic E-state index is 15.3. The Morgan fingerprint density at radius 3 is 1.77 bits per heavy atom. The number of likely N-dealkylation sites (tertiary alicyclic amines) is 1. The molecule has 1 saturated heterocycles. The summed E-state index contributed by atoms with van der Waals surface area (Å²) in [6, 6.07) is 30.1. The largest absolute Gasteiger partial charge is 0.390 e. The van der Waals surface area contributed by atoms with E-state index in [0.29, 0.717) is 30.6 Å². The zero-order valence-corrected chi connectivity index (χ0v) is 24.6. The highest BCUT2D eigenvalue weighted by atomic mass is 16.3. The van der Waals surface area contributed by atoms with Crippen LogP contribution in [0.25, 0.3) is 0 Å². The first-order valence-electron chi connectivity index (χ1n) is 16.1. The molecular weight excluding hydrogens is 534 g/mol. The molecule has 1 aliphatic heterocycles. The van der Waals surface area contributed by atoms with Crippen LogP contribution < -0.4 is 11.1 Å². The van der Waals surface area contributed by atoms with Gasteiger partial charge in [-0.05, 0) is 91.2 Å². The van der Waals surface area contributed by atoms with Crippen LogP contribution in [-0.2, 0) is 15.1 Å². The Hall–Kier alpha value is -3.48. The van der Waals surface area contributed by atoms with Crippen molar-refractivity contribution in [1.82, 2.24) is 10.2 Å². The molecule has 6 fully saturated rings. The van der Waals surface area contributed by atoms with Crippen LogP contribution in [0.1, 0.15) is 68.1 Å². The molecule has 4 bridgehead atoms. The van der Waals surface area contributed by atoms with E-state index in [1.165, 1.54) is 0 Å². The number of nitrogens with one attached hydrogen (secondary N) is 1. The van der Waals surface area contributed by atoms with Crippen LogP contribution in [0.3, 0.4) is 0 Å². The molecule has 2 unspecified atom stereocenters. The van der Waals surface area contributed by atoms with Crippen molar-refractivity contribution in [3.05, 3.63) is 108 Å². The van der Waals surface area contributed by atoms with Crippen molar-refractivity contribution in [2.75, 3.05) is 0 Å². The Bertz CT molecular complexity index is 1420. The first kappa shape index (κ1) is 27.1. The van der Waals surface area contributed by atoms with E-state index in [0.717, 1.165) is 55.2 Å². The number of amides is 2. The van der Waals surface area contributed by atoms with E-state index in [4.69, 9.17) is 5.73 Å². The molecule has 5 aliphatic carbocycles.